The minimum absolute atomic E-state index is 0. The predicted molar refractivity (Wildman–Crippen MR) is 168 cm³/mol. The average Bonchev–Trinajstić information content (AvgIpc) is 3.20. The van der Waals surface area contributed by atoms with Crippen LogP contribution in [0.2, 0.25) is 5.02 Å². The molecule has 1 aliphatic heterocycles. The Labute approximate surface area is 295 Å². The van der Waals surface area contributed by atoms with E-state index >= 15 is 0 Å². The number of amides is 4. The maximum Gasteiger partial charge on any atom is 1.00 e. The van der Waals surface area contributed by atoms with Crippen molar-refractivity contribution in [1.82, 2.24) is 25.8 Å². The third-order valence-electron chi connectivity index (χ3n) is 7.97. The maximum atomic E-state index is 13.9. The first-order chi connectivity index (χ1) is 21.5. The SMILES string of the molecule is CC(C)C[C@H](NC(=O)N1CCCCCC1)C(=O)N[C@H](Cc1ccc(F)c(Cl)c1)C(=O)N[C@H](Cc1c[nH]c2ccccc12)C(=O)[O-].[Na+]. The molecule has 46 heavy (non-hydrogen) atoms. The number of carboxylic acid groups (broad SMARTS) is 1. The Morgan fingerprint density at radius 2 is 1.57 bits per heavy atom. The first kappa shape index (κ1) is 37.3. The van der Waals surface area contributed by atoms with Crippen molar-refractivity contribution in [2.45, 2.75) is 76.9 Å². The average molecular weight is 664 g/mol. The van der Waals surface area contributed by atoms with Gasteiger partial charge in [0.2, 0.25) is 11.8 Å². The summed E-state index contributed by atoms with van der Waals surface area (Å²) >= 11 is 5.98. The number of carboxylic acids is 1. The number of fused-ring (bicyclic) bond motifs is 1. The molecule has 242 valence electrons. The quantitative estimate of drug-likeness (QED) is 0.208. The standard InChI is InChI=1S/C33H41ClFN5O5.Na/c1-20(2)15-27(39-33(45)40-13-7-3-4-8-14-40)30(41)37-28(17-21-11-12-25(35)24(34)16-21)31(42)38-29(32(43)44)18-22-19-36-26-10-6-5-9-23(22)26;/h5-6,9-12,16,19-20,27-29,36H,3-4,7-8,13-15,17-18H2,1-2H3,(H,37,41)(H,38,42)(H,39,45)(H,43,44);/q;+1/p-1/t27-,28+,29+;/m0./s1. The van der Waals surface area contributed by atoms with Crippen LogP contribution in [0.15, 0.2) is 48.7 Å². The molecule has 0 saturated carbocycles. The molecule has 3 atom stereocenters. The van der Waals surface area contributed by atoms with Gasteiger partial charge in [0, 0.05) is 43.0 Å². The molecular weight excluding hydrogens is 624 g/mol. The van der Waals surface area contributed by atoms with Crippen LogP contribution in [0.3, 0.4) is 0 Å². The van der Waals surface area contributed by atoms with Crippen molar-refractivity contribution in [3.8, 4) is 0 Å². The van der Waals surface area contributed by atoms with Gasteiger partial charge in [0.05, 0.1) is 17.0 Å². The molecule has 0 unspecified atom stereocenters. The number of hydrogen-bond donors (Lipinski definition) is 4. The molecular formula is C33H40ClFN5NaO5. The van der Waals surface area contributed by atoms with Crippen molar-refractivity contribution in [2.75, 3.05) is 13.1 Å². The Kier molecular flexibility index (Phi) is 14.4. The van der Waals surface area contributed by atoms with Crippen LogP contribution < -0.4 is 50.6 Å². The van der Waals surface area contributed by atoms with E-state index in [0.717, 1.165) is 42.7 Å². The van der Waals surface area contributed by atoms with Gasteiger partial charge in [-0.15, -0.1) is 0 Å². The Morgan fingerprint density at radius 3 is 2.22 bits per heavy atom. The number of aliphatic carboxylic acids is 1. The van der Waals surface area contributed by atoms with Crippen molar-refractivity contribution >= 4 is 46.3 Å². The molecule has 0 bridgehead atoms. The van der Waals surface area contributed by atoms with Gasteiger partial charge in [-0.1, -0.05) is 62.6 Å². The number of para-hydroxylation sites is 1. The van der Waals surface area contributed by atoms with Crippen LogP contribution in [0.5, 0.6) is 0 Å². The normalized spacial score (nSPS) is 15.3. The van der Waals surface area contributed by atoms with Crippen LogP contribution in [0.1, 0.15) is 57.1 Å². The van der Waals surface area contributed by atoms with E-state index in [1.807, 2.05) is 38.1 Å². The van der Waals surface area contributed by atoms with E-state index in [1.165, 1.54) is 12.1 Å². The van der Waals surface area contributed by atoms with Crippen LogP contribution >= 0.6 is 11.6 Å². The molecule has 2 heterocycles. The largest absolute Gasteiger partial charge is 1.00 e. The van der Waals surface area contributed by atoms with Crippen molar-refractivity contribution in [3.63, 3.8) is 0 Å². The smallest absolute Gasteiger partial charge is 0.548 e. The summed E-state index contributed by atoms with van der Waals surface area (Å²) < 4.78 is 13.9. The summed E-state index contributed by atoms with van der Waals surface area (Å²) in [5, 5.41) is 20.9. The van der Waals surface area contributed by atoms with E-state index < -0.39 is 41.7 Å². The molecule has 1 aromatic heterocycles. The zero-order valence-corrected chi connectivity index (χ0v) is 29.3. The molecule has 2 aromatic carbocycles. The minimum Gasteiger partial charge on any atom is -0.548 e. The number of H-pyrrole nitrogens is 1. The van der Waals surface area contributed by atoms with Crippen molar-refractivity contribution < 1.29 is 58.2 Å². The van der Waals surface area contributed by atoms with E-state index in [1.54, 1.807) is 11.1 Å². The van der Waals surface area contributed by atoms with Crippen LogP contribution in [-0.2, 0) is 27.2 Å². The summed E-state index contributed by atoms with van der Waals surface area (Å²) in [7, 11) is 0. The number of aromatic amines is 1. The molecule has 4 rings (SSSR count). The maximum absolute atomic E-state index is 13.9. The zero-order chi connectivity index (χ0) is 32.5. The van der Waals surface area contributed by atoms with Gasteiger partial charge in [-0.25, -0.2) is 9.18 Å². The summed E-state index contributed by atoms with van der Waals surface area (Å²) in [6.45, 7) is 5.02. The molecule has 4 N–H and O–H groups in total. The van der Waals surface area contributed by atoms with Crippen LogP contribution in [0.4, 0.5) is 9.18 Å². The van der Waals surface area contributed by atoms with E-state index in [9.17, 15) is 28.7 Å². The number of carbonyl (C=O) groups is 4. The van der Waals surface area contributed by atoms with Gasteiger partial charge >= 0.3 is 35.6 Å². The number of nitrogens with one attached hydrogen (secondary N) is 4. The second-order valence-electron chi connectivity index (χ2n) is 12.0. The van der Waals surface area contributed by atoms with Crippen molar-refractivity contribution in [2.24, 2.45) is 5.92 Å². The first-order valence-electron chi connectivity index (χ1n) is 15.4. The van der Waals surface area contributed by atoms with Crippen LogP contribution in [-0.4, -0.2) is 64.9 Å². The van der Waals surface area contributed by atoms with Crippen LogP contribution in [0.25, 0.3) is 10.9 Å². The number of aromatic nitrogens is 1. The third-order valence-corrected chi connectivity index (χ3v) is 8.26. The van der Waals surface area contributed by atoms with Crippen molar-refractivity contribution in [1.29, 1.82) is 0 Å². The van der Waals surface area contributed by atoms with Crippen LogP contribution in [0, 0.1) is 11.7 Å². The molecule has 0 spiro atoms. The Morgan fingerprint density at radius 1 is 0.913 bits per heavy atom. The topological polar surface area (TPSA) is 146 Å². The summed E-state index contributed by atoms with van der Waals surface area (Å²) in [6, 6.07) is 7.31. The van der Waals surface area contributed by atoms with Crippen molar-refractivity contribution in [3.05, 3.63) is 70.6 Å². The Balaban J connectivity index is 0.00000576. The fourth-order valence-corrected chi connectivity index (χ4v) is 5.79. The summed E-state index contributed by atoms with van der Waals surface area (Å²) in [5.41, 5.74) is 1.92. The van der Waals surface area contributed by atoms with E-state index in [2.05, 4.69) is 20.9 Å². The molecule has 3 aromatic rings. The number of nitrogens with zero attached hydrogens (tertiary/aromatic N) is 1. The molecule has 0 radical (unpaired) electrons. The van der Waals surface area contributed by atoms with Gasteiger partial charge in [0.15, 0.2) is 0 Å². The zero-order valence-electron chi connectivity index (χ0n) is 26.5. The number of benzene rings is 2. The number of urea groups is 1. The van der Waals surface area contributed by atoms with E-state index in [-0.39, 0.29) is 59.4 Å². The molecule has 13 heteroatoms. The first-order valence-corrected chi connectivity index (χ1v) is 15.8. The Bertz CT molecular complexity index is 1510. The molecule has 4 amide bonds. The molecule has 1 saturated heterocycles. The minimum atomic E-state index is -1.49. The fourth-order valence-electron chi connectivity index (χ4n) is 5.59. The molecule has 10 nitrogen and oxygen atoms in total. The number of likely N-dealkylation sites (tertiary alicyclic amines) is 1. The van der Waals surface area contributed by atoms with Gasteiger partial charge < -0.3 is 35.7 Å². The molecule has 1 fully saturated rings. The number of hydrogen-bond acceptors (Lipinski definition) is 5. The van der Waals surface area contributed by atoms with E-state index in [0.29, 0.717) is 30.6 Å². The van der Waals surface area contributed by atoms with Gasteiger partial charge in [-0.2, -0.15) is 0 Å². The molecule has 1 aliphatic rings. The summed E-state index contributed by atoms with van der Waals surface area (Å²) in [4.78, 5) is 57.4. The number of rotatable bonds is 12. The van der Waals surface area contributed by atoms with E-state index in [4.69, 9.17) is 11.6 Å². The molecule has 0 aliphatic carbocycles. The monoisotopic (exact) mass is 663 g/mol. The summed E-state index contributed by atoms with van der Waals surface area (Å²) in [6.07, 6.45) is 5.65. The second kappa shape index (κ2) is 17.7. The third kappa shape index (κ3) is 10.4. The fraction of sp³-hybridized carbons (Fsp3) is 0.455. The Hall–Kier alpha value is -3.12. The second-order valence-corrected chi connectivity index (χ2v) is 12.4. The van der Waals surface area contributed by atoms with Gasteiger partial charge in [-0.05, 0) is 54.5 Å². The number of halogens is 2. The van der Waals surface area contributed by atoms with Gasteiger partial charge in [-0.3, -0.25) is 9.59 Å². The van der Waals surface area contributed by atoms with Gasteiger partial charge in [0.1, 0.15) is 17.9 Å². The van der Waals surface area contributed by atoms with Gasteiger partial charge in [0.25, 0.3) is 0 Å². The number of carbonyl (C=O) groups excluding carboxylic acids is 4. The summed E-state index contributed by atoms with van der Waals surface area (Å²) in [5.74, 6) is -3.48. The predicted octanol–water partition coefficient (Wildman–Crippen LogP) is 0.469.